The zero-order chi connectivity index (χ0) is 10.8. The molecule has 1 aromatic rings. The number of Topliss-reactive ketones (excluding diaryl/α,β-unsaturated/α-hetero) is 1. The highest BCUT2D eigenvalue weighted by molar-refractivity contribution is 5.79. The predicted molar refractivity (Wildman–Crippen MR) is 56.2 cm³/mol. The Kier molecular flexibility index (Phi) is 2.84. The molecule has 82 valence electrons. The Morgan fingerprint density at radius 3 is 3.07 bits per heavy atom. The van der Waals surface area contributed by atoms with Crippen molar-refractivity contribution in [3.63, 3.8) is 0 Å². The van der Waals surface area contributed by atoms with Crippen LogP contribution in [0.2, 0.25) is 0 Å². The average Bonchev–Trinajstić information content (AvgIpc) is 2.58. The van der Waals surface area contributed by atoms with Crippen LogP contribution in [0.5, 0.6) is 0 Å². The van der Waals surface area contributed by atoms with Gasteiger partial charge in [-0.3, -0.25) is 9.48 Å². The Bertz CT molecular complexity index is 358. The summed E-state index contributed by atoms with van der Waals surface area (Å²) < 4.78 is 1.71. The Balaban J connectivity index is 2.01. The summed E-state index contributed by atoms with van der Waals surface area (Å²) in [6, 6.07) is 0. The molecular weight excluding hydrogens is 190 g/mol. The van der Waals surface area contributed by atoms with Crippen molar-refractivity contribution in [1.29, 1.82) is 0 Å². The summed E-state index contributed by atoms with van der Waals surface area (Å²) in [4.78, 5) is 11.4. The number of ketones is 1. The van der Waals surface area contributed by atoms with E-state index in [4.69, 9.17) is 0 Å². The predicted octanol–water partition coefficient (Wildman–Crippen LogP) is 1.36. The number of hydrogen-bond acceptors (Lipinski definition) is 3. The van der Waals surface area contributed by atoms with Crippen molar-refractivity contribution >= 4 is 5.78 Å². The summed E-state index contributed by atoms with van der Waals surface area (Å²) >= 11 is 0. The fourth-order valence-electron chi connectivity index (χ4n) is 2.25. The quantitative estimate of drug-likeness (QED) is 0.735. The first-order chi connectivity index (χ1) is 7.15. The lowest BCUT2D eigenvalue weighted by atomic mass is 9.77. The molecule has 0 aromatic carbocycles. The van der Waals surface area contributed by atoms with E-state index < -0.39 is 0 Å². The summed E-state index contributed by atoms with van der Waals surface area (Å²) in [6.07, 6.45) is 5.34. The van der Waals surface area contributed by atoms with E-state index in [1.54, 1.807) is 4.68 Å². The topological polar surface area (TPSA) is 47.8 Å². The van der Waals surface area contributed by atoms with Crippen LogP contribution in [-0.2, 0) is 18.3 Å². The van der Waals surface area contributed by atoms with E-state index in [0.29, 0.717) is 17.6 Å². The molecule has 0 bridgehead atoms. The fraction of sp³-hybridized carbons (Fsp3) is 0.727. The zero-order valence-corrected chi connectivity index (χ0v) is 9.31. The van der Waals surface area contributed by atoms with Crippen molar-refractivity contribution in [2.45, 2.75) is 32.6 Å². The molecule has 2 rings (SSSR count). The number of aryl methyl sites for hydroxylation is 1. The molecular formula is C11H17N3O. The third-order valence-electron chi connectivity index (χ3n) is 3.29. The van der Waals surface area contributed by atoms with Crippen LogP contribution < -0.4 is 0 Å². The molecule has 2 atom stereocenters. The third kappa shape index (κ3) is 2.43. The number of aromatic nitrogens is 3. The van der Waals surface area contributed by atoms with Gasteiger partial charge >= 0.3 is 0 Å². The fourth-order valence-corrected chi connectivity index (χ4v) is 2.25. The number of nitrogens with zero attached hydrogens (tertiary/aromatic N) is 3. The summed E-state index contributed by atoms with van der Waals surface area (Å²) in [5, 5.41) is 7.98. The molecule has 1 heterocycles. The highest BCUT2D eigenvalue weighted by Gasteiger charge is 2.26. The van der Waals surface area contributed by atoms with Crippen LogP contribution in [0.15, 0.2) is 6.20 Å². The lowest BCUT2D eigenvalue weighted by molar-refractivity contribution is -0.122. The molecule has 0 aliphatic heterocycles. The second kappa shape index (κ2) is 4.13. The van der Waals surface area contributed by atoms with Crippen LogP contribution in [0.25, 0.3) is 0 Å². The van der Waals surface area contributed by atoms with Gasteiger partial charge in [0.15, 0.2) is 0 Å². The molecule has 2 unspecified atom stereocenters. The first-order valence-corrected chi connectivity index (χ1v) is 5.52. The average molecular weight is 207 g/mol. The maximum Gasteiger partial charge on any atom is 0.133 e. The first-order valence-electron chi connectivity index (χ1n) is 5.52. The van der Waals surface area contributed by atoms with E-state index in [-0.39, 0.29) is 0 Å². The Labute approximate surface area is 89.7 Å². The van der Waals surface area contributed by atoms with Crippen molar-refractivity contribution < 1.29 is 4.79 Å². The van der Waals surface area contributed by atoms with Gasteiger partial charge < -0.3 is 0 Å². The summed E-state index contributed by atoms with van der Waals surface area (Å²) in [7, 11) is 1.87. The van der Waals surface area contributed by atoms with Gasteiger partial charge in [0, 0.05) is 26.1 Å². The van der Waals surface area contributed by atoms with Gasteiger partial charge in [0.2, 0.25) is 0 Å². The number of carbonyl (C=O) groups excluding carboxylic acids is 1. The molecule has 1 aromatic heterocycles. The van der Waals surface area contributed by atoms with Crippen molar-refractivity contribution in [1.82, 2.24) is 15.0 Å². The Hall–Kier alpha value is -1.19. The minimum absolute atomic E-state index is 0.405. The number of hydrogen-bond donors (Lipinski definition) is 0. The van der Waals surface area contributed by atoms with Crippen LogP contribution >= 0.6 is 0 Å². The van der Waals surface area contributed by atoms with Gasteiger partial charge in [0.05, 0.1) is 5.69 Å². The second-order valence-electron chi connectivity index (χ2n) is 4.61. The van der Waals surface area contributed by atoms with Crippen LogP contribution in [0.4, 0.5) is 0 Å². The molecule has 1 aliphatic carbocycles. The molecule has 0 spiro atoms. The molecule has 4 nitrogen and oxygen atoms in total. The SMILES string of the molecule is CC1CCC(=O)CC1Cc1cn(C)nn1. The normalized spacial score (nSPS) is 26.9. The largest absolute Gasteiger partial charge is 0.300 e. The minimum atomic E-state index is 0.405. The lowest BCUT2D eigenvalue weighted by Crippen LogP contribution is -2.24. The van der Waals surface area contributed by atoms with Crippen LogP contribution in [-0.4, -0.2) is 20.8 Å². The van der Waals surface area contributed by atoms with E-state index in [2.05, 4.69) is 17.2 Å². The van der Waals surface area contributed by atoms with E-state index in [9.17, 15) is 4.79 Å². The van der Waals surface area contributed by atoms with E-state index in [0.717, 1.165) is 31.4 Å². The van der Waals surface area contributed by atoms with E-state index >= 15 is 0 Å². The van der Waals surface area contributed by atoms with Crippen LogP contribution in [0, 0.1) is 11.8 Å². The summed E-state index contributed by atoms with van der Waals surface area (Å²) in [6.45, 7) is 2.23. The second-order valence-corrected chi connectivity index (χ2v) is 4.61. The molecule has 0 radical (unpaired) electrons. The van der Waals surface area contributed by atoms with Gasteiger partial charge in [-0.2, -0.15) is 0 Å². The first kappa shape index (κ1) is 10.3. The third-order valence-corrected chi connectivity index (χ3v) is 3.29. The van der Waals surface area contributed by atoms with Gasteiger partial charge in [-0.1, -0.05) is 12.1 Å². The summed E-state index contributed by atoms with van der Waals surface area (Å²) in [5.41, 5.74) is 1.00. The molecule has 15 heavy (non-hydrogen) atoms. The van der Waals surface area contributed by atoms with Gasteiger partial charge in [-0.05, 0) is 24.7 Å². The lowest BCUT2D eigenvalue weighted by Gasteiger charge is -2.26. The molecule has 1 aliphatic rings. The van der Waals surface area contributed by atoms with Crippen molar-refractivity contribution in [2.75, 3.05) is 0 Å². The highest BCUT2D eigenvalue weighted by Crippen LogP contribution is 2.29. The van der Waals surface area contributed by atoms with E-state index in [1.165, 1.54) is 0 Å². The van der Waals surface area contributed by atoms with Crippen molar-refractivity contribution in [2.24, 2.45) is 18.9 Å². The van der Waals surface area contributed by atoms with Crippen LogP contribution in [0.1, 0.15) is 31.9 Å². The maximum absolute atomic E-state index is 11.4. The van der Waals surface area contributed by atoms with Gasteiger partial charge in [0.1, 0.15) is 5.78 Å². The monoisotopic (exact) mass is 207 g/mol. The van der Waals surface area contributed by atoms with Crippen molar-refractivity contribution in [3.8, 4) is 0 Å². The summed E-state index contributed by atoms with van der Waals surface area (Å²) in [5.74, 6) is 1.50. The molecule has 1 fully saturated rings. The highest BCUT2D eigenvalue weighted by atomic mass is 16.1. The Morgan fingerprint density at radius 1 is 1.60 bits per heavy atom. The smallest absolute Gasteiger partial charge is 0.133 e. The Morgan fingerprint density at radius 2 is 2.40 bits per heavy atom. The van der Waals surface area contributed by atoms with Crippen molar-refractivity contribution in [3.05, 3.63) is 11.9 Å². The molecule has 0 N–H and O–H groups in total. The standard InChI is InChI=1S/C11H17N3O/c1-8-3-4-11(15)6-9(8)5-10-7-14(2)13-12-10/h7-9H,3-6H2,1-2H3. The van der Waals surface area contributed by atoms with E-state index in [1.807, 2.05) is 13.2 Å². The van der Waals surface area contributed by atoms with Gasteiger partial charge in [0.25, 0.3) is 0 Å². The van der Waals surface area contributed by atoms with Gasteiger partial charge in [-0.25, -0.2) is 0 Å². The van der Waals surface area contributed by atoms with Gasteiger partial charge in [-0.15, -0.1) is 5.10 Å². The maximum atomic E-state index is 11.4. The number of rotatable bonds is 2. The molecule has 4 heteroatoms. The zero-order valence-electron chi connectivity index (χ0n) is 9.31. The van der Waals surface area contributed by atoms with Crippen LogP contribution in [0.3, 0.4) is 0 Å². The molecule has 0 amide bonds. The number of carbonyl (C=O) groups is 1. The minimum Gasteiger partial charge on any atom is -0.300 e. The molecule has 0 saturated heterocycles. The molecule has 1 saturated carbocycles.